The Morgan fingerprint density at radius 3 is 2.67 bits per heavy atom. The van der Waals surface area contributed by atoms with Gasteiger partial charge in [-0.3, -0.25) is 9.59 Å². The number of aromatic nitrogens is 2. The van der Waals surface area contributed by atoms with Crippen molar-refractivity contribution in [2.45, 2.75) is 39.7 Å². The summed E-state index contributed by atoms with van der Waals surface area (Å²) in [5, 5.41) is 9.30. The van der Waals surface area contributed by atoms with Gasteiger partial charge in [-0.05, 0) is 32.3 Å². The molecule has 0 atom stereocenters. The first-order valence-corrected chi connectivity index (χ1v) is 9.74. The van der Waals surface area contributed by atoms with Crippen molar-refractivity contribution in [2.75, 3.05) is 13.2 Å². The van der Waals surface area contributed by atoms with Gasteiger partial charge in [-0.15, -0.1) is 6.58 Å². The fourth-order valence-corrected chi connectivity index (χ4v) is 3.34. The van der Waals surface area contributed by atoms with Gasteiger partial charge in [0, 0.05) is 18.4 Å². The van der Waals surface area contributed by atoms with Crippen LogP contribution in [0.15, 0.2) is 36.6 Å². The molecule has 2 rings (SSSR count). The minimum absolute atomic E-state index is 0.00446. The maximum atomic E-state index is 12.9. The molecule has 0 aliphatic carbocycles. The summed E-state index contributed by atoms with van der Waals surface area (Å²) in [5.74, 6) is -2.62. The lowest BCUT2D eigenvalue weighted by molar-refractivity contribution is -0.139. The van der Waals surface area contributed by atoms with Crippen LogP contribution in [0.3, 0.4) is 0 Å². The lowest BCUT2D eigenvalue weighted by atomic mass is 10.0. The van der Waals surface area contributed by atoms with Crippen molar-refractivity contribution in [1.29, 1.82) is 0 Å². The van der Waals surface area contributed by atoms with Gasteiger partial charge < -0.3 is 20.1 Å². The molecular weight excluding hydrogens is 386 g/mol. The van der Waals surface area contributed by atoms with Gasteiger partial charge in [0.2, 0.25) is 17.4 Å². The highest BCUT2D eigenvalue weighted by Gasteiger charge is 2.28. The molecule has 0 saturated carbocycles. The number of aliphatic carboxylic acids is 1. The van der Waals surface area contributed by atoms with Crippen LogP contribution >= 0.6 is 0 Å². The predicted molar refractivity (Wildman–Crippen MR) is 114 cm³/mol. The van der Waals surface area contributed by atoms with Gasteiger partial charge in [-0.2, -0.15) is 0 Å². The second-order valence-electron chi connectivity index (χ2n) is 6.83. The number of nitrogens with two attached hydrogens (primary N) is 1. The number of hydrogen-bond acceptors (Lipinski definition) is 6. The van der Waals surface area contributed by atoms with Crippen LogP contribution in [-0.2, 0) is 22.6 Å². The number of ether oxygens (including phenoxy) is 1. The molecule has 0 fully saturated rings. The van der Waals surface area contributed by atoms with Gasteiger partial charge in [0.1, 0.15) is 0 Å². The first kappa shape index (κ1) is 23.0. The van der Waals surface area contributed by atoms with Crippen LogP contribution in [-0.4, -0.2) is 45.3 Å². The minimum atomic E-state index is -1.17. The molecule has 0 aliphatic heterocycles. The van der Waals surface area contributed by atoms with E-state index in [-0.39, 0.29) is 11.4 Å². The Kier molecular flexibility index (Phi) is 8.06. The van der Waals surface area contributed by atoms with Crippen molar-refractivity contribution in [3.05, 3.63) is 47.8 Å². The van der Waals surface area contributed by atoms with E-state index in [0.29, 0.717) is 29.6 Å². The van der Waals surface area contributed by atoms with Crippen molar-refractivity contribution in [3.63, 3.8) is 0 Å². The largest absolute Gasteiger partial charge is 0.479 e. The first-order chi connectivity index (χ1) is 14.3. The van der Waals surface area contributed by atoms with Crippen LogP contribution in [0.1, 0.15) is 42.7 Å². The highest BCUT2D eigenvalue weighted by Crippen LogP contribution is 2.34. The van der Waals surface area contributed by atoms with Crippen LogP contribution in [0.5, 0.6) is 5.88 Å². The van der Waals surface area contributed by atoms with E-state index in [0.717, 1.165) is 18.4 Å². The lowest BCUT2D eigenvalue weighted by Crippen LogP contribution is -2.24. The second kappa shape index (κ2) is 10.5. The quantitative estimate of drug-likeness (QED) is 0.237. The van der Waals surface area contributed by atoms with E-state index in [1.54, 1.807) is 6.07 Å². The standard InChI is InChI=1S/C22H27N3O5/c1-4-6-7-8-14(3)12-25-15(5-2)19(21(29)17(26)11-23)20-16(25)9-10-24-22(20)30-13-18(27)28/h4,8-10H,1,5-7,11-13,23H2,2-3H3,(H,27,28)/b14-8+. The van der Waals surface area contributed by atoms with Crippen molar-refractivity contribution in [2.24, 2.45) is 5.73 Å². The third kappa shape index (κ3) is 5.01. The highest BCUT2D eigenvalue weighted by molar-refractivity contribution is 6.47. The van der Waals surface area contributed by atoms with E-state index in [9.17, 15) is 14.4 Å². The van der Waals surface area contributed by atoms with Crippen molar-refractivity contribution < 1.29 is 24.2 Å². The van der Waals surface area contributed by atoms with Gasteiger partial charge in [0.05, 0.1) is 23.0 Å². The van der Waals surface area contributed by atoms with Crippen LogP contribution in [0.2, 0.25) is 0 Å². The van der Waals surface area contributed by atoms with Crippen molar-refractivity contribution >= 4 is 28.4 Å². The van der Waals surface area contributed by atoms with Crippen LogP contribution in [0.4, 0.5) is 0 Å². The van der Waals surface area contributed by atoms with Gasteiger partial charge in [-0.25, -0.2) is 9.78 Å². The monoisotopic (exact) mass is 413 g/mol. The van der Waals surface area contributed by atoms with E-state index in [2.05, 4.69) is 17.6 Å². The topological polar surface area (TPSA) is 125 Å². The Labute approximate surface area is 175 Å². The molecule has 8 nitrogen and oxygen atoms in total. The summed E-state index contributed by atoms with van der Waals surface area (Å²) in [7, 11) is 0. The molecule has 0 aromatic carbocycles. The number of rotatable bonds is 12. The smallest absolute Gasteiger partial charge is 0.341 e. The van der Waals surface area contributed by atoms with Crippen LogP contribution < -0.4 is 10.5 Å². The molecule has 0 amide bonds. The number of carboxylic acids is 1. The van der Waals surface area contributed by atoms with Crippen molar-refractivity contribution in [3.8, 4) is 5.88 Å². The summed E-state index contributed by atoms with van der Waals surface area (Å²) in [6, 6.07) is 1.73. The average Bonchev–Trinajstić information content (AvgIpc) is 3.04. The molecular formula is C22H27N3O5. The van der Waals surface area contributed by atoms with E-state index >= 15 is 0 Å². The molecule has 30 heavy (non-hydrogen) atoms. The summed E-state index contributed by atoms with van der Waals surface area (Å²) in [6.45, 7) is 7.07. The summed E-state index contributed by atoms with van der Waals surface area (Å²) >= 11 is 0. The Hall–Kier alpha value is -3.26. The number of hydrogen-bond donors (Lipinski definition) is 2. The Bertz CT molecular complexity index is 1000. The fraction of sp³-hybridized carbons (Fsp3) is 0.364. The number of carbonyl (C=O) groups excluding carboxylic acids is 2. The van der Waals surface area contributed by atoms with Gasteiger partial charge >= 0.3 is 5.97 Å². The van der Waals surface area contributed by atoms with E-state index in [1.165, 1.54) is 6.20 Å². The lowest BCUT2D eigenvalue weighted by Gasteiger charge is -2.11. The first-order valence-electron chi connectivity index (χ1n) is 9.74. The minimum Gasteiger partial charge on any atom is -0.479 e. The molecule has 8 heteroatoms. The zero-order valence-electron chi connectivity index (χ0n) is 17.3. The fourth-order valence-electron chi connectivity index (χ4n) is 3.34. The molecule has 0 spiro atoms. The zero-order chi connectivity index (χ0) is 22.3. The van der Waals surface area contributed by atoms with Gasteiger partial charge in [0.25, 0.3) is 0 Å². The van der Waals surface area contributed by atoms with Gasteiger partial charge in [-0.1, -0.05) is 24.6 Å². The Morgan fingerprint density at radius 2 is 2.07 bits per heavy atom. The molecule has 2 heterocycles. The number of Topliss-reactive ketones (excluding diaryl/α,β-unsaturated/α-hetero) is 2. The maximum absolute atomic E-state index is 12.9. The third-order valence-corrected chi connectivity index (χ3v) is 4.65. The number of nitrogens with zero attached hydrogens (tertiary/aromatic N) is 2. The number of unbranched alkanes of at least 4 members (excludes halogenated alkanes) is 1. The summed E-state index contributed by atoms with van der Waals surface area (Å²) in [6.07, 6.45) is 7.62. The Morgan fingerprint density at radius 1 is 1.33 bits per heavy atom. The summed E-state index contributed by atoms with van der Waals surface area (Å²) in [5.41, 5.74) is 7.98. The molecule has 160 valence electrons. The molecule has 0 aliphatic rings. The molecule has 2 aromatic rings. The molecule has 0 saturated heterocycles. The second-order valence-corrected chi connectivity index (χ2v) is 6.83. The Balaban J connectivity index is 2.71. The summed E-state index contributed by atoms with van der Waals surface area (Å²) < 4.78 is 7.28. The highest BCUT2D eigenvalue weighted by atomic mass is 16.5. The molecule has 3 N–H and O–H groups in total. The van der Waals surface area contributed by atoms with Crippen molar-refractivity contribution in [1.82, 2.24) is 9.55 Å². The van der Waals surface area contributed by atoms with Crippen LogP contribution in [0, 0.1) is 0 Å². The molecule has 2 aromatic heterocycles. The SMILES string of the molecule is C=CCC/C=C(\C)Cn1c(CC)c(C(=O)C(=O)CN)c2c(OCC(=O)O)nccc21. The number of ketones is 2. The zero-order valence-corrected chi connectivity index (χ0v) is 17.3. The number of carbonyl (C=O) groups is 3. The number of carboxylic acid groups (broad SMARTS) is 1. The number of fused-ring (bicyclic) bond motifs is 1. The maximum Gasteiger partial charge on any atom is 0.341 e. The number of pyridine rings is 1. The predicted octanol–water partition coefficient (Wildman–Crippen LogP) is 2.69. The van der Waals surface area contributed by atoms with E-state index in [1.807, 2.05) is 24.5 Å². The average molecular weight is 413 g/mol. The van der Waals surface area contributed by atoms with E-state index in [4.69, 9.17) is 15.6 Å². The summed E-state index contributed by atoms with van der Waals surface area (Å²) in [4.78, 5) is 40.1. The van der Waals surface area contributed by atoms with E-state index < -0.39 is 30.7 Å². The third-order valence-electron chi connectivity index (χ3n) is 4.65. The number of allylic oxidation sites excluding steroid dienone is 3. The van der Waals surface area contributed by atoms with Crippen LogP contribution in [0.25, 0.3) is 10.9 Å². The van der Waals surface area contributed by atoms with Gasteiger partial charge in [0.15, 0.2) is 6.61 Å². The molecule has 0 unspecified atom stereocenters. The molecule has 0 radical (unpaired) electrons. The molecule has 0 bridgehead atoms. The normalized spacial score (nSPS) is 11.5.